The van der Waals surface area contributed by atoms with Crippen LogP contribution in [0.2, 0.25) is 0 Å². The minimum absolute atomic E-state index is 0.273. The molecule has 0 N–H and O–H groups in total. The molecule has 0 aliphatic heterocycles. The molecule has 28 heavy (non-hydrogen) atoms. The van der Waals surface area contributed by atoms with Gasteiger partial charge in [-0.05, 0) is 6.42 Å². The molecule has 0 aromatic rings. The molecular weight excluding hydrogens is 376 g/mol. The van der Waals surface area contributed by atoms with E-state index < -0.39 is 60.9 Å². The van der Waals surface area contributed by atoms with Crippen molar-refractivity contribution in [2.24, 2.45) is 0 Å². The van der Waals surface area contributed by atoms with Gasteiger partial charge >= 0.3 is 29.8 Å². The summed E-state index contributed by atoms with van der Waals surface area (Å²) in [6, 6.07) is 0. The lowest BCUT2D eigenvalue weighted by atomic mass is 9.99. The van der Waals surface area contributed by atoms with E-state index in [9.17, 15) is 24.0 Å². The van der Waals surface area contributed by atoms with E-state index in [4.69, 9.17) is 23.7 Å². The molecule has 10 nitrogen and oxygen atoms in total. The number of hydrogen-bond acceptors (Lipinski definition) is 10. The van der Waals surface area contributed by atoms with E-state index in [1.807, 2.05) is 6.92 Å². The fraction of sp³-hybridized carbons (Fsp3) is 0.722. The van der Waals surface area contributed by atoms with Crippen molar-refractivity contribution in [3.8, 4) is 0 Å². The number of ether oxygens (including phenoxy) is 5. The first-order chi connectivity index (χ1) is 13.0. The number of rotatable bonds is 11. The van der Waals surface area contributed by atoms with Gasteiger partial charge in [0.15, 0.2) is 18.3 Å². The average Bonchev–Trinajstić information content (AvgIpc) is 2.53. The van der Waals surface area contributed by atoms with E-state index in [0.717, 1.165) is 27.7 Å². The van der Waals surface area contributed by atoms with Crippen LogP contribution in [0.25, 0.3) is 0 Å². The second-order valence-corrected chi connectivity index (χ2v) is 6.04. The highest BCUT2D eigenvalue weighted by Crippen LogP contribution is 2.22. The van der Waals surface area contributed by atoms with Crippen molar-refractivity contribution >= 4 is 29.8 Å². The Morgan fingerprint density at radius 3 is 1.36 bits per heavy atom. The molecule has 0 aliphatic rings. The molecule has 0 unspecified atom stereocenters. The molecule has 0 aliphatic carbocycles. The van der Waals surface area contributed by atoms with E-state index in [1.165, 1.54) is 6.92 Å². The van der Waals surface area contributed by atoms with Crippen LogP contribution in [0.5, 0.6) is 0 Å². The maximum absolute atomic E-state index is 11.7. The average molecular weight is 404 g/mol. The van der Waals surface area contributed by atoms with Crippen molar-refractivity contribution in [2.45, 2.75) is 78.8 Å². The van der Waals surface area contributed by atoms with Crippen LogP contribution in [-0.4, -0.2) is 60.9 Å². The Balaban J connectivity index is 6.06. The Hall–Kier alpha value is -2.65. The van der Waals surface area contributed by atoms with Crippen LogP contribution in [0.1, 0.15) is 54.4 Å². The van der Waals surface area contributed by atoms with Crippen molar-refractivity contribution in [3.05, 3.63) is 0 Å². The summed E-state index contributed by atoms with van der Waals surface area (Å²) in [5.74, 6) is -3.53. The van der Waals surface area contributed by atoms with Gasteiger partial charge in [0.25, 0.3) is 0 Å². The summed E-state index contributed by atoms with van der Waals surface area (Å²) >= 11 is 0. The third kappa shape index (κ3) is 10.5. The van der Waals surface area contributed by atoms with Crippen molar-refractivity contribution < 1.29 is 47.7 Å². The molecule has 0 saturated carbocycles. The summed E-state index contributed by atoms with van der Waals surface area (Å²) in [6.45, 7) is 7.03. The minimum Gasteiger partial charge on any atom is -0.462 e. The minimum atomic E-state index is -1.37. The Morgan fingerprint density at radius 1 is 0.607 bits per heavy atom. The Bertz CT molecular complexity index is 571. The summed E-state index contributed by atoms with van der Waals surface area (Å²) in [4.78, 5) is 57.5. The standard InChI is InChI=1S/C18H28O10/c1-7-8-15(25-11(3)20)17(27-13(5)22)18(28-14(6)23)16(26-12(4)21)9-24-10(2)19/h15-18H,7-9H2,1-6H3/t15-,16+,17+,18+/m0/s1. The second-order valence-electron chi connectivity index (χ2n) is 6.04. The molecule has 4 atom stereocenters. The zero-order valence-electron chi connectivity index (χ0n) is 17.0. The van der Waals surface area contributed by atoms with Crippen LogP contribution in [0.15, 0.2) is 0 Å². The summed E-state index contributed by atoms with van der Waals surface area (Å²) in [5.41, 5.74) is 0. The highest BCUT2D eigenvalue weighted by atomic mass is 16.6. The van der Waals surface area contributed by atoms with Gasteiger partial charge in [-0.1, -0.05) is 13.3 Å². The first-order valence-corrected chi connectivity index (χ1v) is 8.80. The monoisotopic (exact) mass is 404 g/mol. The van der Waals surface area contributed by atoms with Gasteiger partial charge in [-0.2, -0.15) is 0 Å². The normalized spacial score (nSPS) is 14.6. The molecule has 0 heterocycles. The Morgan fingerprint density at radius 2 is 1.00 bits per heavy atom. The highest BCUT2D eigenvalue weighted by molar-refractivity contribution is 5.69. The molecule has 0 spiro atoms. The SMILES string of the molecule is CCC[C@H](OC(C)=O)[C@@H](OC(C)=O)[C@H](OC(C)=O)[C@@H](COC(C)=O)OC(C)=O. The topological polar surface area (TPSA) is 132 Å². The number of esters is 5. The Kier molecular flexibility index (Phi) is 11.5. The van der Waals surface area contributed by atoms with Gasteiger partial charge in [0, 0.05) is 34.6 Å². The number of hydrogen-bond donors (Lipinski definition) is 0. The van der Waals surface area contributed by atoms with Gasteiger partial charge in [0.05, 0.1) is 0 Å². The van der Waals surface area contributed by atoms with Crippen LogP contribution in [0, 0.1) is 0 Å². The van der Waals surface area contributed by atoms with E-state index >= 15 is 0 Å². The van der Waals surface area contributed by atoms with Crippen molar-refractivity contribution in [1.29, 1.82) is 0 Å². The fourth-order valence-corrected chi connectivity index (χ4v) is 2.49. The maximum atomic E-state index is 11.7. The van der Waals surface area contributed by atoms with Gasteiger partial charge in [-0.15, -0.1) is 0 Å². The van der Waals surface area contributed by atoms with Gasteiger partial charge in [-0.25, -0.2) is 0 Å². The first kappa shape index (κ1) is 25.4. The molecule has 0 bridgehead atoms. The zero-order chi connectivity index (χ0) is 21.9. The summed E-state index contributed by atoms with van der Waals surface area (Å²) < 4.78 is 25.8. The van der Waals surface area contributed by atoms with Crippen molar-refractivity contribution in [2.75, 3.05) is 6.61 Å². The third-order valence-corrected chi connectivity index (χ3v) is 3.32. The highest BCUT2D eigenvalue weighted by Gasteiger charge is 2.43. The lowest BCUT2D eigenvalue weighted by Crippen LogP contribution is -2.53. The smallest absolute Gasteiger partial charge is 0.303 e. The van der Waals surface area contributed by atoms with Crippen LogP contribution >= 0.6 is 0 Å². The summed E-state index contributed by atoms with van der Waals surface area (Å²) in [5, 5.41) is 0. The van der Waals surface area contributed by atoms with E-state index in [0.29, 0.717) is 6.42 Å². The van der Waals surface area contributed by atoms with Gasteiger partial charge < -0.3 is 23.7 Å². The summed E-state index contributed by atoms with van der Waals surface area (Å²) in [6.07, 6.45) is -4.11. The molecule has 0 radical (unpaired) electrons. The van der Waals surface area contributed by atoms with Crippen molar-refractivity contribution in [3.63, 3.8) is 0 Å². The van der Waals surface area contributed by atoms with Crippen LogP contribution in [0.4, 0.5) is 0 Å². The largest absolute Gasteiger partial charge is 0.462 e. The molecule has 0 aromatic carbocycles. The van der Waals surface area contributed by atoms with Crippen LogP contribution < -0.4 is 0 Å². The van der Waals surface area contributed by atoms with Gasteiger partial charge in [0.1, 0.15) is 12.7 Å². The lowest BCUT2D eigenvalue weighted by Gasteiger charge is -2.35. The molecule has 0 saturated heterocycles. The third-order valence-electron chi connectivity index (χ3n) is 3.32. The van der Waals surface area contributed by atoms with E-state index in [-0.39, 0.29) is 6.42 Å². The Labute approximate surface area is 163 Å². The predicted molar refractivity (Wildman–Crippen MR) is 93.8 cm³/mol. The fourth-order valence-electron chi connectivity index (χ4n) is 2.49. The summed E-state index contributed by atoms with van der Waals surface area (Å²) in [7, 11) is 0. The van der Waals surface area contributed by atoms with Gasteiger partial charge in [0.2, 0.25) is 0 Å². The molecule has 0 aromatic heterocycles. The van der Waals surface area contributed by atoms with E-state index in [2.05, 4.69) is 0 Å². The zero-order valence-corrected chi connectivity index (χ0v) is 17.0. The molecule has 10 heteroatoms. The first-order valence-electron chi connectivity index (χ1n) is 8.80. The molecule has 0 fully saturated rings. The molecule has 0 rings (SSSR count). The lowest BCUT2D eigenvalue weighted by molar-refractivity contribution is -0.203. The molecule has 0 amide bonds. The number of carbonyl (C=O) groups excluding carboxylic acids is 5. The van der Waals surface area contributed by atoms with Crippen molar-refractivity contribution in [1.82, 2.24) is 0 Å². The van der Waals surface area contributed by atoms with Gasteiger partial charge in [-0.3, -0.25) is 24.0 Å². The number of carbonyl (C=O) groups is 5. The maximum Gasteiger partial charge on any atom is 0.303 e. The van der Waals surface area contributed by atoms with Crippen LogP contribution in [-0.2, 0) is 47.7 Å². The van der Waals surface area contributed by atoms with E-state index in [1.54, 1.807) is 0 Å². The van der Waals surface area contributed by atoms with Crippen LogP contribution in [0.3, 0.4) is 0 Å². The molecule has 160 valence electrons. The molecular formula is C18H28O10. The predicted octanol–water partition coefficient (Wildman–Crippen LogP) is 1.08. The quantitative estimate of drug-likeness (QED) is 0.364. The second kappa shape index (κ2) is 12.7.